The zero-order valence-electron chi connectivity index (χ0n) is 14.6. The molecule has 2 aromatic rings. The summed E-state index contributed by atoms with van der Waals surface area (Å²) >= 11 is 0. The lowest BCUT2D eigenvalue weighted by Crippen LogP contribution is -2.37. The topological polar surface area (TPSA) is 76.7 Å². The molecule has 0 heterocycles. The fourth-order valence-corrected chi connectivity index (χ4v) is 2.35. The summed E-state index contributed by atoms with van der Waals surface area (Å²) in [4.78, 5) is 16.6. The summed E-state index contributed by atoms with van der Waals surface area (Å²) in [6.45, 7) is 0. The van der Waals surface area contributed by atoms with Gasteiger partial charge in [-0.05, 0) is 42.7 Å². The van der Waals surface area contributed by atoms with Crippen LogP contribution in [0.1, 0.15) is 34.8 Å². The largest absolute Gasteiger partial charge is 0.497 e. The molecule has 1 unspecified atom stereocenters. The number of nitrogens with zero attached hydrogens (tertiary/aromatic N) is 1. The van der Waals surface area contributed by atoms with Crippen LogP contribution in [0.25, 0.3) is 0 Å². The van der Waals surface area contributed by atoms with Gasteiger partial charge in [-0.25, -0.2) is 4.99 Å². The number of amides is 1. The van der Waals surface area contributed by atoms with Gasteiger partial charge in [0.2, 0.25) is 0 Å². The fraction of sp³-hybridized carbons (Fsp3) is 0.238. The summed E-state index contributed by atoms with van der Waals surface area (Å²) in [7, 11) is 1.62. The van der Waals surface area contributed by atoms with Crippen molar-refractivity contribution in [2.45, 2.75) is 18.9 Å². The molecule has 3 rings (SSSR count). The number of benzene rings is 2. The van der Waals surface area contributed by atoms with Gasteiger partial charge < -0.3 is 10.5 Å². The molecule has 5 heteroatoms. The summed E-state index contributed by atoms with van der Waals surface area (Å²) in [5, 5.41) is 2.62. The van der Waals surface area contributed by atoms with Crippen LogP contribution in [0.15, 0.2) is 59.6 Å². The van der Waals surface area contributed by atoms with E-state index in [1.807, 2.05) is 30.3 Å². The van der Waals surface area contributed by atoms with Gasteiger partial charge in [-0.15, -0.1) is 0 Å². The minimum absolute atomic E-state index is 0.0461. The van der Waals surface area contributed by atoms with Crippen LogP contribution in [-0.4, -0.2) is 19.0 Å². The van der Waals surface area contributed by atoms with E-state index < -0.39 is 6.04 Å². The van der Waals surface area contributed by atoms with E-state index >= 15 is 0 Å². The third-order valence-electron chi connectivity index (χ3n) is 3.98. The molecule has 0 radical (unpaired) electrons. The fourth-order valence-electron chi connectivity index (χ4n) is 2.35. The number of hydrogen-bond donors (Lipinski definition) is 2. The Balaban J connectivity index is 1.78. The van der Waals surface area contributed by atoms with E-state index in [1.165, 1.54) is 0 Å². The van der Waals surface area contributed by atoms with Crippen LogP contribution in [0, 0.1) is 17.8 Å². The van der Waals surface area contributed by atoms with E-state index in [0.717, 1.165) is 24.2 Å². The maximum atomic E-state index is 12.2. The van der Waals surface area contributed by atoms with Crippen LogP contribution in [0.2, 0.25) is 0 Å². The van der Waals surface area contributed by atoms with Gasteiger partial charge in [0.05, 0.1) is 7.11 Å². The van der Waals surface area contributed by atoms with Crippen LogP contribution >= 0.6 is 0 Å². The van der Waals surface area contributed by atoms with Crippen molar-refractivity contribution < 1.29 is 9.53 Å². The zero-order valence-corrected chi connectivity index (χ0v) is 14.6. The predicted molar refractivity (Wildman–Crippen MR) is 102 cm³/mol. The molecule has 1 saturated carbocycles. The molecule has 1 aliphatic rings. The summed E-state index contributed by atoms with van der Waals surface area (Å²) in [5.74, 6) is 7.35. The van der Waals surface area contributed by atoms with Crippen molar-refractivity contribution >= 4 is 11.9 Å². The predicted octanol–water partition coefficient (Wildman–Crippen LogP) is 2.89. The monoisotopic (exact) mass is 347 g/mol. The van der Waals surface area contributed by atoms with Crippen molar-refractivity contribution in [2.24, 2.45) is 16.6 Å². The van der Waals surface area contributed by atoms with Crippen molar-refractivity contribution in [2.75, 3.05) is 7.11 Å². The third kappa shape index (κ3) is 4.87. The highest BCUT2D eigenvalue weighted by atomic mass is 16.5. The highest BCUT2D eigenvalue weighted by Gasteiger charge is 2.19. The Hall–Kier alpha value is -3.26. The lowest BCUT2D eigenvalue weighted by molar-refractivity contribution is 0.0976. The van der Waals surface area contributed by atoms with E-state index in [0.29, 0.717) is 11.5 Å². The lowest BCUT2D eigenvalue weighted by atomic mass is 10.1. The molecular formula is C21H21N3O2. The standard InChI is InChI=1S/C21H21N3O2/c1-26-18-12-10-16(11-13-18)19(14-9-15-7-8-15)23-21(22)24-20(25)17-5-3-2-4-6-17/h2-6,10-13,15,19H,7-8H2,1H3,(H3,22,23,24,25). The van der Waals surface area contributed by atoms with Crippen LogP contribution in [0.3, 0.4) is 0 Å². The van der Waals surface area contributed by atoms with Gasteiger partial charge >= 0.3 is 0 Å². The van der Waals surface area contributed by atoms with Gasteiger partial charge in [0.1, 0.15) is 11.8 Å². The van der Waals surface area contributed by atoms with Gasteiger partial charge in [0, 0.05) is 11.5 Å². The molecule has 1 atom stereocenters. The number of hydrogen-bond acceptors (Lipinski definition) is 3. The molecule has 2 aromatic carbocycles. The number of nitrogens with two attached hydrogens (primary N) is 1. The number of nitrogens with one attached hydrogen (secondary N) is 1. The van der Waals surface area contributed by atoms with E-state index in [4.69, 9.17) is 10.5 Å². The number of carbonyl (C=O) groups excluding carboxylic acids is 1. The molecule has 1 fully saturated rings. The van der Waals surface area contributed by atoms with Crippen LogP contribution in [0.5, 0.6) is 5.75 Å². The summed E-state index contributed by atoms with van der Waals surface area (Å²) in [5.41, 5.74) is 7.38. The van der Waals surface area contributed by atoms with Gasteiger partial charge in [0.15, 0.2) is 5.96 Å². The lowest BCUT2D eigenvalue weighted by Gasteiger charge is -2.10. The Morgan fingerprint density at radius 2 is 1.88 bits per heavy atom. The Morgan fingerprint density at radius 1 is 1.19 bits per heavy atom. The second kappa shape index (κ2) is 8.21. The molecule has 26 heavy (non-hydrogen) atoms. The van der Waals surface area contributed by atoms with Gasteiger partial charge in [0.25, 0.3) is 5.91 Å². The molecule has 1 aliphatic carbocycles. The number of ether oxygens (including phenoxy) is 1. The van der Waals surface area contributed by atoms with Gasteiger partial charge in [-0.1, -0.05) is 42.2 Å². The van der Waals surface area contributed by atoms with Crippen molar-refractivity contribution in [3.05, 3.63) is 65.7 Å². The first-order valence-electron chi connectivity index (χ1n) is 8.50. The maximum absolute atomic E-state index is 12.2. The van der Waals surface area contributed by atoms with E-state index in [2.05, 4.69) is 22.2 Å². The molecule has 0 aromatic heterocycles. The quantitative estimate of drug-likeness (QED) is 0.507. The average Bonchev–Trinajstić information content (AvgIpc) is 3.50. The molecule has 132 valence electrons. The third-order valence-corrected chi connectivity index (χ3v) is 3.98. The molecule has 0 spiro atoms. The molecule has 5 nitrogen and oxygen atoms in total. The summed E-state index contributed by atoms with van der Waals surface area (Å²) < 4.78 is 5.19. The molecule has 3 N–H and O–H groups in total. The first-order valence-corrected chi connectivity index (χ1v) is 8.50. The van der Waals surface area contributed by atoms with Crippen LogP contribution in [0.4, 0.5) is 0 Å². The van der Waals surface area contributed by atoms with Crippen molar-refractivity contribution in [1.82, 2.24) is 5.32 Å². The minimum atomic E-state index is -0.433. The number of aliphatic imine (C=N–C) groups is 1. The minimum Gasteiger partial charge on any atom is -0.497 e. The molecule has 0 bridgehead atoms. The average molecular weight is 347 g/mol. The smallest absolute Gasteiger partial charge is 0.257 e. The summed E-state index contributed by atoms with van der Waals surface area (Å²) in [6.07, 6.45) is 2.26. The van der Waals surface area contributed by atoms with Gasteiger partial charge in [-0.3, -0.25) is 10.1 Å². The van der Waals surface area contributed by atoms with Crippen molar-refractivity contribution in [3.8, 4) is 17.6 Å². The number of methoxy groups -OCH3 is 1. The Kier molecular flexibility index (Phi) is 5.55. The molecule has 0 aliphatic heterocycles. The Bertz CT molecular complexity index is 844. The zero-order chi connectivity index (χ0) is 18.4. The van der Waals surface area contributed by atoms with E-state index in [1.54, 1.807) is 31.4 Å². The number of carbonyl (C=O) groups is 1. The summed E-state index contributed by atoms with van der Waals surface area (Å²) in [6, 6.07) is 16.0. The second-order valence-electron chi connectivity index (χ2n) is 6.07. The Morgan fingerprint density at radius 3 is 2.50 bits per heavy atom. The van der Waals surface area contributed by atoms with E-state index in [9.17, 15) is 4.79 Å². The SMILES string of the molecule is COc1ccc(C(C#CC2CC2)N=C(N)NC(=O)c2ccccc2)cc1. The molecule has 1 amide bonds. The highest BCUT2D eigenvalue weighted by Crippen LogP contribution is 2.28. The number of guanidine groups is 1. The van der Waals surface area contributed by atoms with Gasteiger partial charge in [-0.2, -0.15) is 0 Å². The molecule has 0 saturated heterocycles. The first kappa shape index (κ1) is 17.6. The Labute approximate surface area is 153 Å². The second-order valence-corrected chi connectivity index (χ2v) is 6.07. The van der Waals surface area contributed by atoms with Crippen LogP contribution in [-0.2, 0) is 0 Å². The highest BCUT2D eigenvalue weighted by molar-refractivity contribution is 6.05. The molecular weight excluding hydrogens is 326 g/mol. The van der Waals surface area contributed by atoms with E-state index in [-0.39, 0.29) is 11.9 Å². The maximum Gasteiger partial charge on any atom is 0.257 e. The van der Waals surface area contributed by atoms with Crippen molar-refractivity contribution in [3.63, 3.8) is 0 Å². The first-order chi connectivity index (χ1) is 12.7. The normalized spacial score (nSPS) is 14.7. The van der Waals surface area contributed by atoms with Crippen LogP contribution < -0.4 is 15.8 Å². The van der Waals surface area contributed by atoms with Crippen molar-refractivity contribution in [1.29, 1.82) is 0 Å². The number of rotatable bonds is 4.